The van der Waals surface area contributed by atoms with Crippen LogP contribution in [0.15, 0.2) is 11.3 Å². The highest BCUT2D eigenvalue weighted by Gasteiger charge is 2.37. The van der Waals surface area contributed by atoms with Crippen LogP contribution < -0.4 is 5.32 Å². The van der Waals surface area contributed by atoms with Gasteiger partial charge in [0.05, 0.1) is 25.4 Å². The third kappa shape index (κ3) is 7.85. The second-order valence-electron chi connectivity index (χ2n) is 7.61. The van der Waals surface area contributed by atoms with Gasteiger partial charge in [0.2, 0.25) is 0 Å². The number of carbonyl (C=O) groups excluding carboxylic acids is 2. The van der Waals surface area contributed by atoms with E-state index < -0.39 is 0 Å². The molecule has 5 nitrogen and oxygen atoms in total. The molecule has 0 aromatic heterocycles. The summed E-state index contributed by atoms with van der Waals surface area (Å²) in [7, 11) is 0. The molecule has 0 aromatic rings. The van der Waals surface area contributed by atoms with Gasteiger partial charge in [-0.2, -0.15) is 0 Å². The monoisotopic (exact) mass is 349 g/mol. The molecule has 1 rings (SSSR count). The first-order valence-corrected chi connectivity index (χ1v) is 8.89. The smallest absolute Gasteiger partial charge is 0.168 e. The summed E-state index contributed by atoms with van der Waals surface area (Å²) in [6, 6.07) is 0. The highest BCUT2D eigenvalue weighted by atomic mass is 16.5. The van der Waals surface area contributed by atoms with Crippen LogP contribution in [-0.2, 0) is 19.1 Å². The van der Waals surface area contributed by atoms with Crippen LogP contribution in [0.4, 0.5) is 0 Å². The number of allylic oxidation sites excluding steroid dienone is 2. The van der Waals surface area contributed by atoms with Crippen molar-refractivity contribution in [2.45, 2.75) is 47.0 Å². The van der Waals surface area contributed by atoms with Crippen molar-refractivity contribution in [3.8, 4) is 12.3 Å². The molecule has 1 N–H and O–H groups in total. The van der Waals surface area contributed by atoms with Crippen LogP contribution in [0.3, 0.4) is 0 Å². The highest BCUT2D eigenvalue weighted by molar-refractivity contribution is 6.22. The number of ether oxygens (including phenoxy) is 2. The molecule has 1 aliphatic carbocycles. The first kappa shape index (κ1) is 21.4. The van der Waals surface area contributed by atoms with Gasteiger partial charge < -0.3 is 14.8 Å². The lowest BCUT2D eigenvalue weighted by molar-refractivity contribution is -0.127. The predicted octanol–water partition coefficient (Wildman–Crippen LogP) is 2.50. The summed E-state index contributed by atoms with van der Waals surface area (Å²) in [6.07, 6.45) is 6.60. The lowest BCUT2D eigenvalue weighted by atomic mass is 9.73. The SMILES string of the molecule is C#CCOCCOCCNC(CC(C)C)=C1C(=O)CC(C)(C)CC1=O. The molecule has 140 valence electrons. The molecule has 0 saturated heterocycles. The number of terminal acetylenes is 1. The molecule has 0 radical (unpaired) electrons. The number of rotatable bonds is 10. The van der Waals surface area contributed by atoms with E-state index in [9.17, 15) is 9.59 Å². The van der Waals surface area contributed by atoms with Crippen LogP contribution >= 0.6 is 0 Å². The minimum atomic E-state index is -0.248. The third-order valence-electron chi connectivity index (χ3n) is 3.89. The van der Waals surface area contributed by atoms with Crippen molar-refractivity contribution in [3.05, 3.63) is 11.3 Å². The number of hydrogen-bond acceptors (Lipinski definition) is 5. The normalized spacial score (nSPS) is 16.9. The van der Waals surface area contributed by atoms with Crippen LogP contribution in [-0.4, -0.2) is 44.5 Å². The van der Waals surface area contributed by atoms with Crippen LogP contribution in [0, 0.1) is 23.7 Å². The highest BCUT2D eigenvalue weighted by Crippen LogP contribution is 2.35. The molecule has 1 fully saturated rings. The zero-order valence-electron chi connectivity index (χ0n) is 15.9. The summed E-state index contributed by atoms with van der Waals surface area (Å²) in [6.45, 7) is 10.3. The predicted molar refractivity (Wildman–Crippen MR) is 98.0 cm³/mol. The summed E-state index contributed by atoms with van der Waals surface area (Å²) >= 11 is 0. The van der Waals surface area contributed by atoms with Gasteiger partial charge in [-0.05, 0) is 17.8 Å². The molecule has 0 heterocycles. The number of carbonyl (C=O) groups is 2. The Balaban J connectivity index is 2.61. The summed E-state index contributed by atoms with van der Waals surface area (Å²) < 4.78 is 10.6. The molecule has 0 spiro atoms. The first-order chi connectivity index (χ1) is 11.8. The van der Waals surface area contributed by atoms with Gasteiger partial charge in [0.15, 0.2) is 11.6 Å². The zero-order chi connectivity index (χ0) is 18.9. The summed E-state index contributed by atoms with van der Waals surface area (Å²) in [5.41, 5.74) is 0.875. The maximum absolute atomic E-state index is 12.5. The lowest BCUT2D eigenvalue weighted by Gasteiger charge is -2.30. The fraction of sp³-hybridized carbons (Fsp3) is 0.700. The summed E-state index contributed by atoms with van der Waals surface area (Å²) in [5.74, 6) is 2.65. The average Bonchev–Trinajstić information content (AvgIpc) is 2.47. The minimum absolute atomic E-state index is 0.0481. The van der Waals surface area contributed by atoms with E-state index in [0.717, 1.165) is 5.70 Å². The van der Waals surface area contributed by atoms with E-state index in [1.54, 1.807) is 0 Å². The Kier molecular flexibility index (Phi) is 8.88. The fourth-order valence-electron chi connectivity index (χ4n) is 2.90. The molecule has 0 unspecified atom stereocenters. The Morgan fingerprint density at radius 1 is 1.16 bits per heavy atom. The standard InChI is InChI=1S/C20H31NO4/c1-6-8-24-10-11-25-9-7-21-16(12-15(2)3)19-17(22)13-20(4,5)14-18(19)23/h1,15,21H,7-14H2,2-5H3. The van der Waals surface area contributed by atoms with Gasteiger partial charge in [0, 0.05) is 25.1 Å². The quantitative estimate of drug-likeness (QED) is 0.284. The van der Waals surface area contributed by atoms with Crippen molar-refractivity contribution in [1.29, 1.82) is 0 Å². The van der Waals surface area contributed by atoms with Crippen molar-refractivity contribution in [2.75, 3.05) is 33.0 Å². The minimum Gasteiger partial charge on any atom is -0.385 e. The molecule has 0 bridgehead atoms. The molecule has 0 amide bonds. The van der Waals surface area contributed by atoms with Crippen molar-refractivity contribution >= 4 is 11.6 Å². The molecule has 0 atom stereocenters. The molecule has 1 saturated carbocycles. The van der Waals surface area contributed by atoms with Gasteiger partial charge in [-0.1, -0.05) is 33.6 Å². The Morgan fingerprint density at radius 3 is 2.32 bits per heavy atom. The van der Waals surface area contributed by atoms with Crippen LogP contribution in [0.5, 0.6) is 0 Å². The third-order valence-corrected chi connectivity index (χ3v) is 3.89. The average molecular weight is 349 g/mol. The van der Waals surface area contributed by atoms with E-state index in [2.05, 4.69) is 25.1 Å². The van der Waals surface area contributed by atoms with E-state index >= 15 is 0 Å². The van der Waals surface area contributed by atoms with E-state index in [0.29, 0.717) is 57.1 Å². The Labute approximate surface area is 151 Å². The van der Waals surface area contributed by atoms with E-state index in [1.807, 2.05) is 13.8 Å². The van der Waals surface area contributed by atoms with Crippen molar-refractivity contribution < 1.29 is 19.1 Å². The molecule has 0 aromatic carbocycles. The first-order valence-electron chi connectivity index (χ1n) is 8.89. The number of nitrogens with one attached hydrogen (secondary N) is 1. The van der Waals surface area contributed by atoms with Crippen molar-refractivity contribution in [3.63, 3.8) is 0 Å². The van der Waals surface area contributed by atoms with Gasteiger partial charge in [0.25, 0.3) is 0 Å². The number of ketones is 2. The van der Waals surface area contributed by atoms with Gasteiger partial charge in [-0.3, -0.25) is 9.59 Å². The second kappa shape index (κ2) is 10.4. The van der Waals surface area contributed by atoms with Crippen LogP contribution in [0.1, 0.15) is 47.0 Å². The maximum Gasteiger partial charge on any atom is 0.168 e. The summed E-state index contributed by atoms with van der Waals surface area (Å²) in [4.78, 5) is 25.0. The summed E-state index contributed by atoms with van der Waals surface area (Å²) in [5, 5.41) is 3.25. The van der Waals surface area contributed by atoms with Crippen LogP contribution in [0.2, 0.25) is 0 Å². The van der Waals surface area contributed by atoms with Gasteiger partial charge in [0.1, 0.15) is 6.61 Å². The van der Waals surface area contributed by atoms with Gasteiger partial charge >= 0.3 is 0 Å². The molecule has 5 heteroatoms. The Morgan fingerprint density at radius 2 is 1.76 bits per heavy atom. The maximum atomic E-state index is 12.5. The number of Topliss-reactive ketones (excluding diaryl/α,β-unsaturated/α-hetero) is 2. The van der Waals surface area contributed by atoms with E-state index in [4.69, 9.17) is 15.9 Å². The second-order valence-corrected chi connectivity index (χ2v) is 7.61. The molecule has 25 heavy (non-hydrogen) atoms. The van der Waals surface area contributed by atoms with E-state index in [-0.39, 0.29) is 23.6 Å². The van der Waals surface area contributed by atoms with Gasteiger partial charge in [-0.25, -0.2) is 0 Å². The Hall–Kier alpha value is -1.64. The molecule has 0 aliphatic heterocycles. The molecule has 1 aliphatic rings. The Bertz CT molecular complexity index is 518. The molecular weight excluding hydrogens is 318 g/mol. The van der Waals surface area contributed by atoms with E-state index in [1.165, 1.54) is 0 Å². The largest absolute Gasteiger partial charge is 0.385 e. The number of hydrogen-bond donors (Lipinski definition) is 1. The van der Waals surface area contributed by atoms with Gasteiger partial charge in [-0.15, -0.1) is 6.42 Å². The fourth-order valence-corrected chi connectivity index (χ4v) is 2.90. The van der Waals surface area contributed by atoms with Crippen molar-refractivity contribution in [1.82, 2.24) is 5.32 Å². The van der Waals surface area contributed by atoms with Crippen molar-refractivity contribution in [2.24, 2.45) is 11.3 Å². The lowest BCUT2D eigenvalue weighted by Crippen LogP contribution is -2.35. The van der Waals surface area contributed by atoms with Crippen LogP contribution in [0.25, 0.3) is 0 Å². The molecular formula is C20H31NO4. The topological polar surface area (TPSA) is 64.6 Å². The zero-order valence-corrected chi connectivity index (χ0v) is 15.9.